The van der Waals surface area contributed by atoms with Crippen LogP contribution in [0.5, 0.6) is 0 Å². The van der Waals surface area contributed by atoms with E-state index in [4.69, 9.17) is 4.98 Å². The van der Waals surface area contributed by atoms with Crippen molar-refractivity contribution in [3.8, 4) is 0 Å². The average Bonchev–Trinajstić information content (AvgIpc) is 2.71. The standard InChI is InChI=1S/C21H25N5/c1-3-16-25(18-10-5-7-14-22-18)20-12-9-13-21(24-20)26(17-4-2)19-11-6-8-15-23-19/h5-15H,3-4,16-17H2,1-2H3. The Morgan fingerprint density at radius 2 is 1.08 bits per heavy atom. The van der Waals surface area contributed by atoms with Crippen LogP contribution in [0.1, 0.15) is 26.7 Å². The summed E-state index contributed by atoms with van der Waals surface area (Å²) in [6.07, 6.45) is 5.67. The van der Waals surface area contributed by atoms with Crippen molar-refractivity contribution in [1.82, 2.24) is 15.0 Å². The normalized spacial score (nSPS) is 10.5. The Hall–Kier alpha value is -2.95. The van der Waals surface area contributed by atoms with Crippen LogP contribution >= 0.6 is 0 Å². The number of anilines is 4. The molecule has 0 radical (unpaired) electrons. The van der Waals surface area contributed by atoms with Gasteiger partial charge in [0, 0.05) is 25.5 Å². The molecule has 3 aromatic heterocycles. The van der Waals surface area contributed by atoms with E-state index in [0.29, 0.717) is 0 Å². The first kappa shape index (κ1) is 17.9. The lowest BCUT2D eigenvalue weighted by atomic mass is 10.3. The fourth-order valence-electron chi connectivity index (χ4n) is 2.88. The summed E-state index contributed by atoms with van der Waals surface area (Å²) in [7, 11) is 0. The molecule has 3 rings (SSSR count). The molecule has 0 N–H and O–H groups in total. The summed E-state index contributed by atoms with van der Waals surface area (Å²) in [4.78, 5) is 18.3. The van der Waals surface area contributed by atoms with Crippen molar-refractivity contribution in [3.05, 3.63) is 67.0 Å². The van der Waals surface area contributed by atoms with E-state index < -0.39 is 0 Å². The van der Waals surface area contributed by atoms with Gasteiger partial charge in [0.2, 0.25) is 0 Å². The zero-order valence-electron chi connectivity index (χ0n) is 15.4. The predicted molar refractivity (Wildman–Crippen MR) is 107 cm³/mol. The molecular weight excluding hydrogens is 322 g/mol. The van der Waals surface area contributed by atoms with Crippen LogP contribution in [-0.2, 0) is 0 Å². The average molecular weight is 347 g/mol. The number of aromatic nitrogens is 3. The number of rotatable bonds is 8. The topological polar surface area (TPSA) is 45.2 Å². The summed E-state index contributed by atoms with van der Waals surface area (Å²) in [6.45, 7) is 6.06. The molecule has 134 valence electrons. The van der Waals surface area contributed by atoms with Crippen LogP contribution in [0.4, 0.5) is 23.3 Å². The summed E-state index contributed by atoms with van der Waals surface area (Å²) < 4.78 is 0. The van der Waals surface area contributed by atoms with Crippen molar-refractivity contribution in [2.24, 2.45) is 0 Å². The van der Waals surface area contributed by atoms with Crippen LogP contribution in [0.15, 0.2) is 67.0 Å². The highest BCUT2D eigenvalue weighted by atomic mass is 15.3. The molecule has 0 saturated carbocycles. The second-order valence-corrected chi connectivity index (χ2v) is 6.03. The van der Waals surface area contributed by atoms with Crippen molar-refractivity contribution < 1.29 is 0 Å². The molecule has 0 atom stereocenters. The van der Waals surface area contributed by atoms with Crippen molar-refractivity contribution >= 4 is 23.3 Å². The second kappa shape index (κ2) is 8.94. The zero-order valence-corrected chi connectivity index (χ0v) is 15.4. The largest absolute Gasteiger partial charge is 0.311 e. The lowest BCUT2D eigenvalue weighted by Gasteiger charge is -2.26. The smallest absolute Gasteiger partial charge is 0.136 e. The number of hydrogen-bond donors (Lipinski definition) is 0. The second-order valence-electron chi connectivity index (χ2n) is 6.03. The minimum atomic E-state index is 0.866. The number of nitrogens with zero attached hydrogens (tertiary/aromatic N) is 5. The summed E-state index contributed by atoms with van der Waals surface area (Å²) in [5.74, 6) is 3.64. The third-order valence-corrected chi connectivity index (χ3v) is 4.02. The maximum Gasteiger partial charge on any atom is 0.136 e. The van der Waals surface area contributed by atoms with Crippen LogP contribution < -0.4 is 9.80 Å². The first-order valence-corrected chi connectivity index (χ1v) is 9.17. The number of hydrogen-bond acceptors (Lipinski definition) is 5. The molecule has 0 saturated heterocycles. The molecule has 0 aliphatic heterocycles. The van der Waals surface area contributed by atoms with E-state index in [1.807, 2.05) is 60.9 Å². The van der Waals surface area contributed by atoms with E-state index in [0.717, 1.165) is 49.2 Å². The van der Waals surface area contributed by atoms with E-state index in [1.54, 1.807) is 0 Å². The van der Waals surface area contributed by atoms with Gasteiger partial charge in [0.25, 0.3) is 0 Å². The number of pyridine rings is 3. The Kier molecular flexibility index (Phi) is 6.14. The maximum absolute atomic E-state index is 4.94. The molecule has 0 amide bonds. The first-order valence-electron chi connectivity index (χ1n) is 9.17. The highest BCUT2D eigenvalue weighted by Gasteiger charge is 2.15. The van der Waals surface area contributed by atoms with Gasteiger partial charge in [0.05, 0.1) is 0 Å². The Morgan fingerprint density at radius 3 is 1.46 bits per heavy atom. The summed E-state index contributed by atoms with van der Waals surface area (Å²) in [6, 6.07) is 18.0. The molecule has 5 nitrogen and oxygen atoms in total. The zero-order chi connectivity index (χ0) is 18.2. The molecule has 0 fully saturated rings. The lowest BCUT2D eigenvalue weighted by molar-refractivity contribution is 0.838. The fourth-order valence-corrected chi connectivity index (χ4v) is 2.88. The monoisotopic (exact) mass is 347 g/mol. The highest BCUT2D eigenvalue weighted by molar-refractivity contribution is 5.62. The van der Waals surface area contributed by atoms with E-state index in [9.17, 15) is 0 Å². The van der Waals surface area contributed by atoms with Gasteiger partial charge < -0.3 is 9.80 Å². The molecule has 0 spiro atoms. The summed E-state index contributed by atoms with van der Waals surface area (Å²) in [5, 5.41) is 0. The first-order chi connectivity index (χ1) is 12.8. The third-order valence-electron chi connectivity index (χ3n) is 4.02. The molecule has 0 aliphatic carbocycles. The Morgan fingerprint density at radius 1 is 0.615 bits per heavy atom. The fraction of sp³-hybridized carbons (Fsp3) is 0.286. The van der Waals surface area contributed by atoms with Crippen LogP contribution in [-0.4, -0.2) is 28.0 Å². The van der Waals surface area contributed by atoms with Gasteiger partial charge >= 0.3 is 0 Å². The van der Waals surface area contributed by atoms with Crippen molar-refractivity contribution in [3.63, 3.8) is 0 Å². The van der Waals surface area contributed by atoms with Crippen LogP contribution in [0, 0.1) is 0 Å². The SMILES string of the molecule is CCCN(c1ccccn1)c1cccc(N(CCC)c2ccccn2)n1. The molecule has 26 heavy (non-hydrogen) atoms. The van der Waals surface area contributed by atoms with Crippen molar-refractivity contribution in [2.75, 3.05) is 22.9 Å². The van der Waals surface area contributed by atoms with Gasteiger partial charge in [0.15, 0.2) is 0 Å². The molecule has 5 heteroatoms. The van der Waals surface area contributed by atoms with Gasteiger partial charge in [-0.2, -0.15) is 0 Å². The van der Waals surface area contributed by atoms with E-state index in [2.05, 4.69) is 39.7 Å². The van der Waals surface area contributed by atoms with Gasteiger partial charge in [-0.05, 0) is 49.2 Å². The molecular formula is C21H25N5. The van der Waals surface area contributed by atoms with Gasteiger partial charge in [0.1, 0.15) is 23.3 Å². The minimum absolute atomic E-state index is 0.866. The molecule has 0 unspecified atom stereocenters. The molecule has 0 bridgehead atoms. The Balaban J connectivity index is 1.97. The lowest BCUT2D eigenvalue weighted by Crippen LogP contribution is -2.23. The Labute approximate surface area is 155 Å². The van der Waals surface area contributed by atoms with Crippen LogP contribution in [0.25, 0.3) is 0 Å². The highest BCUT2D eigenvalue weighted by Crippen LogP contribution is 2.27. The predicted octanol–water partition coefficient (Wildman–Crippen LogP) is 4.97. The third kappa shape index (κ3) is 4.17. The molecule has 0 aliphatic rings. The summed E-state index contributed by atoms with van der Waals surface area (Å²) in [5.41, 5.74) is 0. The van der Waals surface area contributed by atoms with Gasteiger partial charge in [-0.15, -0.1) is 0 Å². The van der Waals surface area contributed by atoms with Gasteiger partial charge in [-0.1, -0.05) is 32.0 Å². The quantitative estimate of drug-likeness (QED) is 0.576. The van der Waals surface area contributed by atoms with E-state index >= 15 is 0 Å². The van der Waals surface area contributed by atoms with E-state index in [-0.39, 0.29) is 0 Å². The van der Waals surface area contributed by atoms with E-state index in [1.165, 1.54) is 0 Å². The van der Waals surface area contributed by atoms with Crippen molar-refractivity contribution in [2.45, 2.75) is 26.7 Å². The Bertz CT molecular complexity index is 727. The van der Waals surface area contributed by atoms with Gasteiger partial charge in [-0.3, -0.25) is 0 Å². The van der Waals surface area contributed by atoms with Crippen molar-refractivity contribution in [1.29, 1.82) is 0 Å². The molecule has 3 heterocycles. The minimum Gasteiger partial charge on any atom is -0.311 e. The van der Waals surface area contributed by atoms with Crippen LogP contribution in [0.2, 0.25) is 0 Å². The van der Waals surface area contributed by atoms with Crippen LogP contribution in [0.3, 0.4) is 0 Å². The van der Waals surface area contributed by atoms with Gasteiger partial charge in [-0.25, -0.2) is 15.0 Å². The summed E-state index contributed by atoms with van der Waals surface area (Å²) >= 11 is 0. The molecule has 0 aromatic carbocycles. The maximum atomic E-state index is 4.94. The molecule has 3 aromatic rings.